The number of alkyl carbamates (subject to hydrolysis) is 1. The van der Waals surface area contributed by atoms with Crippen molar-refractivity contribution >= 4 is 22.0 Å². The predicted octanol–water partition coefficient (Wildman–Crippen LogP) is 2.83. The highest BCUT2D eigenvalue weighted by Crippen LogP contribution is 2.39. The monoisotopic (exact) mass is 263 g/mol. The minimum absolute atomic E-state index is 0.129. The van der Waals surface area contributed by atoms with E-state index in [-0.39, 0.29) is 10.4 Å². The third kappa shape index (κ3) is 3.86. The molecule has 3 nitrogen and oxygen atoms in total. The van der Waals surface area contributed by atoms with Crippen LogP contribution in [-0.4, -0.2) is 22.6 Å². The molecular weight excluding hydrogens is 246 g/mol. The van der Waals surface area contributed by atoms with Crippen molar-refractivity contribution in [3.05, 3.63) is 0 Å². The van der Waals surface area contributed by atoms with Gasteiger partial charge in [-0.2, -0.15) is 0 Å². The minimum Gasteiger partial charge on any atom is -0.444 e. The van der Waals surface area contributed by atoms with E-state index in [1.807, 2.05) is 20.8 Å². The smallest absolute Gasteiger partial charge is 0.407 e. The zero-order valence-electron chi connectivity index (χ0n) is 9.02. The average molecular weight is 264 g/mol. The number of amides is 1. The van der Waals surface area contributed by atoms with Gasteiger partial charge in [-0.15, -0.1) is 0 Å². The molecule has 82 valence electrons. The summed E-state index contributed by atoms with van der Waals surface area (Å²) in [4.78, 5) is 11.3. The zero-order chi connectivity index (χ0) is 10.8. The van der Waals surface area contributed by atoms with Gasteiger partial charge >= 0.3 is 6.09 Å². The molecule has 1 amide bonds. The van der Waals surface area contributed by atoms with E-state index >= 15 is 0 Å². The molecule has 0 radical (unpaired) electrons. The van der Waals surface area contributed by atoms with Crippen LogP contribution in [0.15, 0.2) is 0 Å². The lowest BCUT2D eigenvalue weighted by atomic mass is 9.85. The first-order valence-electron chi connectivity index (χ1n) is 4.97. The van der Waals surface area contributed by atoms with Gasteiger partial charge in [-0.3, -0.25) is 0 Å². The fraction of sp³-hybridized carbons (Fsp3) is 0.900. The summed E-state index contributed by atoms with van der Waals surface area (Å²) >= 11 is 3.61. The van der Waals surface area contributed by atoms with Crippen molar-refractivity contribution in [2.75, 3.05) is 6.54 Å². The van der Waals surface area contributed by atoms with Crippen molar-refractivity contribution in [2.24, 2.45) is 0 Å². The highest BCUT2D eigenvalue weighted by molar-refractivity contribution is 9.10. The number of ether oxygens (including phenoxy) is 1. The van der Waals surface area contributed by atoms with Gasteiger partial charge in [0.1, 0.15) is 5.60 Å². The number of nitrogens with one attached hydrogen (secondary N) is 1. The molecule has 0 saturated heterocycles. The van der Waals surface area contributed by atoms with Crippen LogP contribution >= 0.6 is 15.9 Å². The number of carbonyl (C=O) groups is 1. The van der Waals surface area contributed by atoms with Gasteiger partial charge in [-0.25, -0.2) is 4.79 Å². The van der Waals surface area contributed by atoms with Gasteiger partial charge in [0.25, 0.3) is 0 Å². The SMILES string of the molecule is CC(C)(C)OC(=O)NCC1(Br)CCC1. The highest BCUT2D eigenvalue weighted by Gasteiger charge is 2.34. The average Bonchev–Trinajstić information content (AvgIpc) is 1.94. The van der Waals surface area contributed by atoms with Crippen molar-refractivity contribution in [3.8, 4) is 0 Å². The normalized spacial score (nSPS) is 19.7. The van der Waals surface area contributed by atoms with Crippen molar-refractivity contribution in [2.45, 2.75) is 50.0 Å². The molecule has 1 fully saturated rings. The van der Waals surface area contributed by atoms with E-state index in [0.29, 0.717) is 6.54 Å². The van der Waals surface area contributed by atoms with E-state index in [1.54, 1.807) is 0 Å². The number of halogens is 1. The first kappa shape index (κ1) is 11.8. The number of hydrogen-bond acceptors (Lipinski definition) is 2. The predicted molar refractivity (Wildman–Crippen MR) is 59.7 cm³/mol. The lowest BCUT2D eigenvalue weighted by Gasteiger charge is -2.36. The van der Waals surface area contributed by atoms with Crippen molar-refractivity contribution in [1.82, 2.24) is 5.32 Å². The van der Waals surface area contributed by atoms with Crippen LogP contribution in [0.3, 0.4) is 0 Å². The maximum atomic E-state index is 11.3. The molecule has 1 rings (SSSR count). The molecule has 0 bridgehead atoms. The van der Waals surface area contributed by atoms with Crippen LogP contribution in [0.5, 0.6) is 0 Å². The summed E-state index contributed by atoms with van der Waals surface area (Å²) in [6.45, 7) is 6.24. The Morgan fingerprint density at radius 3 is 2.43 bits per heavy atom. The molecule has 0 spiro atoms. The molecule has 1 aliphatic carbocycles. The topological polar surface area (TPSA) is 38.3 Å². The summed E-state index contributed by atoms with van der Waals surface area (Å²) in [5.74, 6) is 0. The second-order valence-electron chi connectivity index (χ2n) is 4.86. The van der Waals surface area contributed by atoms with Crippen LogP contribution in [0.2, 0.25) is 0 Å². The Kier molecular flexibility index (Phi) is 3.45. The summed E-state index contributed by atoms with van der Waals surface area (Å²) in [7, 11) is 0. The van der Waals surface area contributed by atoms with Gasteiger partial charge in [-0.05, 0) is 33.6 Å². The Bertz CT molecular complexity index is 219. The maximum Gasteiger partial charge on any atom is 0.407 e. The summed E-state index contributed by atoms with van der Waals surface area (Å²) in [6.07, 6.45) is 3.16. The van der Waals surface area contributed by atoms with E-state index in [1.165, 1.54) is 6.42 Å². The Hall–Kier alpha value is -0.250. The zero-order valence-corrected chi connectivity index (χ0v) is 10.6. The Morgan fingerprint density at radius 2 is 2.07 bits per heavy atom. The first-order chi connectivity index (χ1) is 6.31. The van der Waals surface area contributed by atoms with Gasteiger partial charge in [0.15, 0.2) is 0 Å². The molecule has 1 aliphatic rings. The molecule has 0 heterocycles. The van der Waals surface area contributed by atoms with Crippen LogP contribution < -0.4 is 5.32 Å². The molecule has 0 unspecified atom stereocenters. The maximum absolute atomic E-state index is 11.3. The Balaban J connectivity index is 2.21. The van der Waals surface area contributed by atoms with Crippen molar-refractivity contribution in [1.29, 1.82) is 0 Å². The molecule has 4 heteroatoms. The van der Waals surface area contributed by atoms with Crippen molar-refractivity contribution in [3.63, 3.8) is 0 Å². The molecular formula is C10H18BrNO2. The quantitative estimate of drug-likeness (QED) is 0.779. The van der Waals surface area contributed by atoms with Gasteiger partial charge in [0.05, 0.1) is 0 Å². The summed E-state index contributed by atoms with van der Waals surface area (Å²) < 4.78 is 5.26. The minimum atomic E-state index is -0.414. The largest absolute Gasteiger partial charge is 0.444 e. The number of alkyl halides is 1. The molecule has 14 heavy (non-hydrogen) atoms. The van der Waals surface area contributed by atoms with E-state index < -0.39 is 5.60 Å². The fourth-order valence-electron chi connectivity index (χ4n) is 1.28. The van der Waals surface area contributed by atoms with Crippen molar-refractivity contribution < 1.29 is 9.53 Å². The van der Waals surface area contributed by atoms with Crippen LogP contribution in [-0.2, 0) is 4.74 Å². The van der Waals surface area contributed by atoms with E-state index in [4.69, 9.17) is 4.74 Å². The first-order valence-corrected chi connectivity index (χ1v) is 5.76. The molecule has 0 aromatic carbocycles. The molecule has 0 aromatic heterocycles. The fourth-order valence-corrected chi connectivity index (χ4v) is 1.98. The third-order valence-corrected chi connectivity index (χ3v) is 3.27. The summed E-state index contributed by atoms with van der Waals surface area (Å²) in [5.41, 5.74) is -0.414. The standard InChI is InChI=1S/C10H18BrNO2/c1-9(2,3)14-8(13)12-7-10(11)5-4-6-10/h4-7H2,1-3H3,(H,12,13). The number of hydrogen-bond donors (Lipinski definition) is 1. The van der Waals surface area contributed by atoms with Crippen LogP contribution in [0.4, 0.5) is 4.79 Å². The van der Waals surface area contributed by atoms with E-state index in [0.717, 1.165) is 12.8 Å². The van der Waals surface area contributed by atoms with Crippen LogP contribution in [0.25, 0.3) is 0 Å². The van der Waals surface area contributed by atoms with E-state index in [9.17, 15) is 4.79 Å². The lowest BCUT2D eigenvalue weighted by molar-refractivity contribution is 0.0516. The summed E-state index contributed by atoms with van der Waals surface area (Å²) in [5, 5.41) is 2.77. The second kappa shape index (κ2) is 4.09. The Labute approximate surface area is 93.7 Å². The second-order valence-corrected chi connectivity index (χ2v) is 6.54. The van der Waals surface area contributed by atoms with Crippen LogP contribution in [0.1, 0.15) is 40.0 Å². The molecule has 1 N–H and O–H groups in total. The highest BCUT2D eigenvalue weighted by atomic mass is 79.9. The van der Waals surface area contributed by atoms with Gasteiger partial charge in [-0.1, -0.05) is 22.4 Å². The van der Waals surface area contributed by atoms with Crippen LogP contribution in [0, 0.1) is 0 Å². The number of carbonyl (C=O) groups excluding carboxylic acids is 1. The van der Waals surface area contributed by atoms with Gasteiger partial charge in [0, 0.05) is 10.9 Å². The van der Waals surface area contributed by atoms with Gasteiger partial charge in [0.2, 0.25) is 0 Å². The number of rotatable bonds is 2. The molecule has 0 atom stereocenters. The van der Waals surface area contributed by atoms with Gasteiger partial charge < -0.3 is 10.1 Å². The Morgan fingerprint density at radius 1 is 1.50 bits per heavy atom. The summed E-state index contributed by atoms with van der Waals surface area (Å²) in [6, 6.07) is 0. The molecule has 1 saturated carbocycles. The molecule has 0 aromatic rings. The van der Waals surface area contributed by atoms with E-state index in [2.05, 4.69) is 21.2 Å². The third-order valence-electron chi connectivity index (χ3n) is 2.20. The lowest BCUT2D eigenvalue weighted by Crippen LogP contribution is -2.44. The molecule has 0 aliphatic heterocycles.